The second-order valence-corrected chi connectivity index (χ2v) is 9.90. The van der Waals surface area contributed by atoms with Crippen LogP contribution in [0.2, 0.25) is 0 Å². The van der Waals surface area contributed by atoms with E-state index in [4.69, 9.17) is 5.10 Å². The third kappa shape index (κ3) is 3.84. The lowest BCUT2D eigenvalue weighted by molar-refractivity contribution is -0.114. The molecule has 1 amide bonds. The lowest BCUT2D eigenvalue weighted by Gasteiger charge is -2.11. The van der Waals surface area contributed by atoms with Gasteiger partial charge in [-0.2, -0.15) is 15.2 Å². The first-order valence-corrected chi connectivity index (χ1v) is 13.5. The molecule has 2 aromatic heterocycles. The van der Waals surface area contributed by atoms with Crippen LogP contribution in [0.25, 0.3) is 44.8 Å². The minimum Gasteiger partial charge on any atom is -0.341 e. The molecule has 1 aliphatic rings. The van der Waals surface area contributed by atoms with Gasteiger partial charge in [0.05, 0.1) is 28.4 Å². The van der Waals surface area contributed by atoms with E-state index in [1.807, 2.05) is 84.5 Å². The molecule has 0 bridgehead atoms. The van der Waals surface area contributed by atoms with Crippen LogP contribution in [0.15, 0.2) is 120 Å². The molecule has 0 aliphatic carbocycles. The van der Waals surface area contributed by atoms with E-state index in [0.717, 1.165) is 34.7 Å². The normalized spacial score (nSPS) is 14.6. The average Bonchev–Trinajstić information content (AvgIpc) is 3.66. The summed E-state index contributed by atoms with van der Waals surface area (Å²) >= 11 is 0. The SMILES string of the molecule is CCn1c2ccccc2c2cc(-c3nn(-c4ccccc4)cc3/C=C3/C(=O)N(c4ccccc4)N=C3C)ccc21. The molecule has 3 heterocycles. The summed E-state index contributed by atoms with van der Waals surface area (Å²) in [6.07, 6.45) is 3.91. The fourth-order valence-corrected chi connectivity index (χ4v) is 5.56. The van der Waals surface area contributed by atoms with Gasteiger partial charge >= 0.3 is 0 Å². The Morgan fingerprint density at radius 1 is 0.775 bits per heavy atom. The highest BCUT2D eigenvalue weighted by Gasteiger charge is 2.29. The van der Waals surface area contributed by atoms with Gasteiger partial charge in [0.25, 0.3) is 5.91 Å². The number of anilines is 1. The summed E-state index contributed by atoms with van der Waals surface area (Å²) in [6.45, 7) is 4.94. The van der Waals surface area contributed by atoms with Crippen LogP contribution in [-0.2, 0) is 11.3 Å². The molecule has 6 aromatic rings. The molecule has 7 rings (SSSR count). The van der Waals surface area contributed by atoms with Gasteiger partial charge in [-0.3, -0.25) is 4.79 Å². The summed E-state index contributed by atoms with van der Waals surface area (Å²) in [7, 11) is 0. The smallest absolute Gasteiger partial charge is 0.280 e. The highest BCUT2D eigenvalue weighted by atomic mass is 16.2. The number of hydrazone groups is 1. The largest absolute Gasteiger partial charge is 0.341 e. The Morgan fingerprint density at radius 3 is 2.20 bits per heavy atom. The van der Waals surface area contributed by atoms with Crippen LogP contribution in [0, 0.1) is 0 Å². The Kier molecular flexibility index (Phi) is 5.67. The predicted octanol–water partition coefficient (Wildman–Crippen LogP) is 7.47. The van der Waals surface area contributed by atoms with Gasteiger partial charge in [-0.25, -0.2) is 4.68 Å². The van der Waals surface area contributed by atoms with Crippen molar-refractivity contribution < 1.29 is 4.79 Å². The van der Waals surface area contributed by atoms with Gasteiger partial charge in [0.15, 0.2) is 0 Å². The maximum Gasteiger partial charge on any atom is 0.280 e. The molecular formula is C34H27N5O. The number of benzene rings is 4. The van der Waals surface area contributed by atoms with E-state index < -0.39 is 0 Å². The third-order valence-corrected chi connectivity index (χ3v) is 7.49. The van der Waals surface area contributed by atoms with Gasteiger partial charge < -0.3 is 4.57 Å². The summed E-state index contributed by atoms with van der Waals surface area (Å²) in [5.74, 6) is -0.149. The fourth-order valence-electron chi connectivity index (χ4n) is 5.56. The van der Waals surface area contributed by atoms with Crippen LogP contribution < -0.4 is 5.01 Å². The number of amides is 1. The average molecular weight is 522 g/mol. The van der Waals surface area contributed by atoms with Gasteiger partial charge in [-0.05, 0) is 62.4 Å². The zero-order valence-electron chi connectivity index (χ0n) is 22.3. The molecule has 0 unspecified atom stereocenters. The molecule has 194 valence electrons. The molecular weight excluding hydrogens is 494 g/mol. The second-order valence-electron chi connectivity index (χ2n) is 9.90. The number of para-hydroxylation sites is 3. The molecule has 0 fully saturated rings. The summed E-state index contributed by atoms with van der Waals surface area (Å²) < 4.78 is 4.22. The van der Waals surface area contributed by atoms with Gasteiger partial charge in [0.2, 0.25) is 0 Å². The number of fused-ring (bicyclic) bond motifs is 3. The Bertz CT molecular complexity index is 1960. The molecule has 6 nitrogen and oxygen atoms in total. The van der Waals surface area contributed by atoms with Crippen LogP contribution in [0.1, 0.15) is 19.4 Å². The Labute approximate surface area is 232 Å². The summed E-state index contributed by atoms with van der Waals surface area (Å²) in [4.78, 5) is 13.5. The minimum atomic E-state index is -0.149. The van der Waals surface area contributed by atoms with Crippen molar-refractivity contribution in [1.82, 2.24) is 14.3 Å². The Balaban J connectivity index is 1.39. The standard InChI is InChI=1S/C34H27N5O/c1-3-37-31-17-11-10-16-28(31)30-20-24(18-19-32(30)37)33-25(22-38(36-33)26-12-6-4-7-13-26)21-29-23(2)35-39(34(29)40)27-14-8-5-9-15-27/h4-22H,3H2,1-2H3/b29-21+. The zero-order valence-corrected chi connectivity index (χ0v) is 22.3. The van der Waals surface area contributed by atoms with E-state index in [1.54, 1.807) is 0 Å². The van der Waals surface area contributed by atoms with Gasteiger partial charge in [-0.15, -0.1) is 0 Å². The third-order valence-electron chi connectivity index (χ3n) is 7.49. The molecule has 0 saturated heterocycles. The van der Waals surface area contributed by atoms with Gasteiger partial charge in [0, 0.05) is 45.7 Å². The van der Waals surface area contributed by atoms with Crippen LogP contribution in [-0.4, -0.2) is 26.0 Å². The van der Waals surface area contributed by atoms with Gasteiger partial charge in [0.1, 0.15) is 0 Å². The molecule has 4 aromatic carbocycles. The van der Waals surface area contributed by atoms with Crippen molar-refractivity contribution in [3.63, 3.8) is 0 Å². The Hall–Kier alpha value is -5.23. The minimum absolute atomic E-state index is 0.149. The van der Waals surface area contributed by atoms with Crippen molar-refractivity contribution in [2.24, 2.45) is 5.10 Å². The molecule has 0 spiro atoms. The maximum absolute atomic E-state index is 13.5. The molecule has 40 heavy (non-hydrogen) atoms. The molecule has 0 N–H and O–H groups in total. The second kappa shape index (κ2) is 9.50. The number of hydrogen-bond donors (Lipinski definition) is 0. The van der Waals surface area contributed by atoms with Crippen LogP contribution >= 0.6 is 0 Å². The first kappa shape index (κ1) is 23.9. The highest BCUT2D eigenvalue weighted by Crippen LogP contribution is 2.35. The molecule has 0 radical (unpaired) electrons. The van der Waals surface area contributed by atoms with Crippen LogP contribution in [0.4, 0.5) is 5.69 Å². The number of aryl methyl sites for hydroxylation is 1. The number of rotatable bonds is 5. The lowest BCUT2D eigenvalue weighted by Crippen LogP contribution is -2.21. The first-order chi connectivity index (χ1) is 19.6. The summed E-state index contributed by atoms with van der Waals surface area (Å²) in [5.41, 5.74) is 8.00. The van der Waals surface area contributed by atoms with E-state index in [2.05, 4.69) is 59.1 Å². The monoisotopic (exact) mass is 521 g/mol. The van der Waals surface area contributed by atoms with Crippen molar-refractivity contribution in [2.75, 3.05) is 5.01 Å². The Morgan fingerprint density at radius 2 is 1.45 bits per heavy atom. The van der Waals surface area contributed by atoms with Crippen LogP contribution in [0.3, 0.4) is 0 Å². The molecule has 1 aliphatic heterocycles. The lowest BCUT2D eigenvalue weighted by atomic mass is 10.0. The van der Waals surface area contributed by atoms with Crippen molar-refractivity contribution in [3.05, 3.63) is 120 Å². The number of aromatic nitrogens is 3. The van der Waals surface area contributed by atoms with E-state index in [-0.39, 0.29) is 5.91 Å². The maximum atomic E-state index is 13.5. The van der Waals surface area contributed by atoms with E-state index >= 15 is 0 Å². The van der Waals surface area contributed by atoms with Crippen molar-refractivity contribution in [2.45, 2.75) is 20.4 Å². The van der Waals surface area contributed by atoms with E-state index in [0.29, 0.717) is 11.3 Å². The molecule has 6 heteroatoms. The van der Waals surface area contributed by atoms with Crippen molar-refractivity contribution in [1.29, 1.82) is 0 Å². The number of carbonyl (C=O) groups is 1. The number of hydrogen-bond acceptors (Lipinski definition) is 3. The first-order valence-electron chi connectivity index (χ1n) is 13.5. The summed E-state index contributed by atoms with van der Waals surface area (Å²) in [5, 5.41) is 13.5. The highest BCUT2D eigenvalue weighted by molar-refractivity contribution is 6.32. The van der Waals surface area contributed by atoms with E-state index in [1.165, 1.54) is 26.8 Å². The van der Waals surface area contributed by atoms with Crippen LogP contribution in [0.5, 0.6) is 0 Å². The fraction of sp³-hybridized carbons (Fsp3) is 0.0882. The van der Waals surface area contributed by atoms with E-state index in [9.17, 15) is 4.79 Å². The predicted molar refractivity (Wildman–Crippen MR) is 163 cm³/mol. The topological polar surface area (TPSA) is 55.4 Å². The summed E-state index contributed by atoms with van der Waals surface area (Å²) in [6, 6.07) is 34.6. The number of carbonyl (C=O) groups excluding carboxylic acids is 1. The van der Waals surface area contributed by atoms with Crippen molar-refractivity contribution >= 4 is 45.2 Å². The zero-order chi connectivity index (χ0) is 27.2. The van der Waals surface area contributed by atoms with Crippen molar-refractivity contribution in [3.8, 4) is 16.9 Å². The van der Waals surface area contributed by atoms with Gasteiger partial charge in [-0.1, -0.05) is 60.7 Å². The molecule has 0 atom stereocenters. The number of nitrogens with zero attached hydrogens (tertiary/aromatic N) is 5. The quantitative estimate of drug-likeness (QED) is 0.221. The molecule has 0 saturated carbocycles.